The van der Waals surface area contributed by atoms with Gasteiger partial charge >= 0.3 is 0 Å². The highest BCUT2D eigenvalue weighted by atomic mass is 16.5. The first-order valence-corrected chi connectivity index (χ1v) is 6.15. The molecule has 0 atom stereocenters. The van der Waals surface area contributed by atoms with E-state index in [0.717, 1.165) is 19.1 Å². The lowest BCUT2D eigenvalue weighted by atomic mass is 9.75. The predicted octanol–water partition coefficient (Wildman–Crippen LogP) is 2.46. The summed E-state index contributed by atoms with van der Waals surface area (Å²) < 4.78 is 5.38. The van der Waals surface area contributed by atoms with E-state index in [1.165, 1.54) is 51.4 Å². The molecule has 0 aromatic rings. The van der Waals surface area contributed by atoms with Gasteiger partial charge in [0.05, 0.1) is 0 Å². The van der Waals surface area contributed by atoms with Crippen molar-refractivity contribution in [2.75, 3.05) is 13.2 Å². The van der Waals surface area contributed by atoms with E-state index < -0.39 is 0 Å². The molecule has 0 unspecified atom stereocenters. The van der Waals surface area contributed by atoms with Crippen molar-refractivity contribution >= 4 is 0 Å². The van der Waals surface area contributed by atoms with Crippen LogP contribution in [0.5, 0.6) is 0 Å². The Bertz CT molecular complexity index is 169. The van der Waals surface area contributed by atoms with Gasteiger partial charge < -0.3 is 10.5 Å². The summed E-state index contributed by atoms with van der Waals surface area (Å²) in [4.78, 5) is 0. The molecule has 1 heterocycles. The zero-order valence-electron chi connectivity index (χ0n) is 9.13. The van der Waals surface area contributed by atoms with Crippen molar-refractivity contribution in [3.8, 4) is 0 Å². The largest absolute Gasteiger partial charge is 0.381 e. The molecular weight excluding hydrogens is 174 g/mol. The topological polar surface area (TPSA) is 35.2 Å². The zero-order valence-corrected chi connectivity index (χ0v) is 9.13. The van der Waals surface area contributed by atoms with E-state index in [9.17, 15) is 0 Å². The Kier molecular flexibility index (Phi) is 3.45. The van der Waals surface area contributed by atoms with Crippen molar-refractivity contribution < 1.29 is 4.74 Å². The first-order valence-electron chi connectivity index (χ1n) is 6.15. The van der Waals surface area contributed by atoms with Gasteiger partial charge in [-0.05, 0) is 38.0 Å². The van der Waals surface area contributed by atoms with Crippen molar-refractivity contribution in [3.63, 3.8) is 0 Å². The first-order chi connectivity index (χ1) is 6.79. The quantitative estimate of drug-likeness (QED) is 0.738. The van der Waals surface area contributed by atoms with Gasteiger partial charge in [-0.2, -0.15) is 0 Å². The van der Waals surface area contributed by atoms with Crippen LogP contribution in [-0.4, -0.2) is 18.8 Å². The monoisotopic (exact) mass is 197 g/mol. The molecule has 0 spiro atoms. The molecule has 1 aliphatic heterocycles. The summed E-state index contributed by atoms with van der Waals surface area (Å²) in [6.45, 7) is 1.92. The van der Waals surface area contributed by atoms with E-state index in [0.29, 0.717) is 0 Å². The van der Waals surface area contributed by atoms with Crippen LogP contribution in [0.25, 0.3) is 0 Å². The molecule has 0 radical (unpaired) electrons. The molecule has 2 nitrogen and oxygen atoms in total. The van der Waals surface area contributed by atoms with E-state index in [2.05, 4.69) is 0 Å². The molecule has 2 heteroatoms. The van der Waals surface area contributed by atoms with Crippen LogP contribution in [0, 0.1) is 5.92 Å². The summed E-state index contributed by atoms with van der Waals surface area (Å²) in [7, 11) is 0. The van der Waals surface area contributed by atoms with Crippen molar-refractivity contribution in [2.24, 2.45) is 11.7 Å². The molecule has 14 heavy (non-hydrogen) atoms. The van der Waals surface area contributed by atoms with Crippen LogP contribution in [-0.2, 0) is 4.74 Å². The molecule has 0 aromatic carbocycles. The van der Waals surface area contributed by atoms with Crippen LogP contribution in [0.4, 0.5) is 0 Å². The third kappa shape index (κ3) is 2.71. The third-order valence-corrected chi connectivity index (χ3v) is 3.89. The molecule has 2 N–H and O–H groups in total. The lowest BCUT2D eigenvalue weighted by molar-refractivity contribution is 0.0527. The molecule has 0 aromatic heterocycles. The standard InChI is InChI=1S/C12H23NO/c13-12(6-2-1-3-7-12)10-11-4-8-14-9-5-11/h11H,1-10,13H2. The van der Waals surface area contributed by atoms with Gasteiger partial charge in [0, 0.05) is 18.8 Å². The van der Waals surface area contributed by atoms with Crippen LogP contribution >= 0.6 is 0 Å². The highest BCUT2D eigenvalue weighted by molar-refractivity contribution is 4.89. The second kappa shape index (κ2) is 4.63. The number of hydrogen-bond acceptors (Lipinski definition) is 2. The summed E-state index contributed by atoms with van der Waals surface area (Å²) in [6.07, 6.45) is 10.3. The van der Waals surface area contributed by atoms with E-state index in [1.807, 2.05) is 0 Å². The van der Waals surface area contributed by atoms with E-state index in [4.69, 9.17) is 10.5 Å². The molecule has 1 aliphatic carbocycles. The normalized spacial score (nSPS) is 28.9. The maximum absolute atomic E-state index is 6.45. The van der Waals surface area contributed by atoms with Gasteiger partial charge in [0.15, 0.2) is 0 Å². The average molecular weight is 197 g/mol. The molecule has 0 amide bonds. The maximum Gasteiger partial charge on any atom is 0.0468 e. The molecule has 2 aliphatic rings. The lowest BCUT2D eigenvalue weighted by Crippen LogP contribution is -2.44. The number of hydrogen-bond donors (Lipinski definition) is 1. The van der Waals surface area contributed by atoms with Crippen LogP contribution in [0.3, 0.4) is 0 Å². The smallest absolute Gasteiger partial charge is 0.0468 e. The number of nitrogens with two attached hydrogens (primary N) is 1. The minimum absolute atomic E-state index is 0.181. The summed E-state index contributed by atoms with van der Waals surface area (Å²) >= 11 is 0. The zero-order chi connectivity index (χ0) is 9.86. The van der Waals surface area contributed by atoms with Crippen LogP contribution < -0.4 is 5.73 Å². The van der Waals surface area contributed by atoms with Gasteiger partial charge in [-0.15, -0.1) is 0 Å². The molecular formula is C12H23NO. The Labute approximate surface area is 87.2 Å². The minimum Gasteiger partial charge on any atom is -0.381 e. The molecule has 1 saturated heterocycles. The summed E-state index contributed by atoms with van der Waals surface area (Å²) in [5, 5.41) is 0. The molecule has 82 valence electrons. The molecule has 2 rings (SSSR count). The first kappa shape index (κ1) is 10.4. The van der Waals surface area contributed by atoms with Crippen molar-refractivity contribution in [2.45, 2.75) is 56.9 Å². The van der Waals surface area contributed by atoms with Gasteiger partial charge in [-0.1, -0.05) is 19.3 Å². The summed E-state index contributed by atoms with van der Waals surface area (Å²) in [5.41, 5.74) is 6.63. The average Bonchev–Trinajstić information content (AvgIpc) is 2.19. The molecule has 0 bridgehead atoms. The number of rotatable bonds is 2. The third-order valence-electron chi connectivity index (χ3n) is 3.89. The minimum atomic E-state index is 0.181. The van der Waals surface area contributed by atoms with Gasteiger partial charge in [0.25, 0.3) is 0 Å². The summed E-state index contributed by atoms with van der Waals surface area (Å²) in [5.74, 6) is 0.840. The fourth-order valence-electron chi connectivity index (χ4n) is 2.99. The van der Waals surface area contributed by atoms with Crippen LogP contribution in [0.2, 0.25) is 0 Å². The van der Waals surface area contributed by atoms with Gasteiger partial charge in [0.1, 0.15) is 0 Å². The molecule has 2 fully saturated rings. The highest BCUT2D eigenvalue weighted by Crippen LogP contribution is 2.34. The van der Waals surface area contributed by atoms with Gasteiger partial charge in [-0.25, -0.2) is 0 Å². The number of ether oxygens (including phenoxy) is 1. The predicted molar refractivity (Wildman–Crippen MR) is 58.2 cm³/mol. The van der Waals surface area contributed by atoms with E-state index in [-0.39, 0.29) is 5.54 Å². The Morgan fingerprint density at radius 1 is 1.07 bits per heavy atom. The Hall–Kier alpha value is -0.0800. The van der Waals surface area contributed by atoms with E-state index >= 15 is 0 Å². The Morgan fingerprint density at radius 2 is 1.71 bits per heavy atom. The fraction of sp³-hybridized carbons (Fsp3) is 1.00. The van der Waals surface area contributed by atoms with E-state index in [1.54, 1.807) is 0 Å². The summed E-state index contributed by atoms with van der Waals surface area (Å²) in [6, 6.07) is 0. The lowest BCUT2D eigenvalue weighted by Gasteiger charge is -2.37. The SMILES string of the molecule is NC1(CC2CCOCC2)CCCCC1. The fourth-order valence-corrected chi connectivity index (χ4v) is 2.99. The maximum atomic E-state index is 6.45. The molecule has 1 saturated carbocycles. The van der Waals surface area contributed by atoms with Gasteiger partial charge in [-0.3, -0.25) is 0 Å². The van der Waals surface area contributed by atoms with Crippen LogP contribution in [0.15, 0.2) is 0 Å². The van der Waals surface area contributed by atoms with Gasteiger partial charge in [0.2, 0.25) is 0 Å². The second-order valence-electron chi connectivity index (χ2n) is 5.18. The Balaban J connectivity index is 1.81. The van der Waals surface area contributed by atoms with Crippen molar-refractivity contribution in [3.05, 3.63) is 0 Å². The van der Waals surface area contributed by atoms with Crippen LogP contribution in [0.1, 0.15) is 51.4 Å². The highest BCUT2D eigenvalue weighted by Gasteiger charge is 2.30. The second-order valence-corrected chi connectivity index (χ2v) is 5.18. The Morgan fingerprint density at radius 3 is 2.36 bits per heavy atom. The van der Waals surface area contributed by atoms with Crippen molar-refractivity contribution in [1.29, 1.82) is 0 Å². The van der Waals surface area contributed by atoms with Crippen molar-refractivity contribution in [1.82, 2.24) is 0 Å².